The van der Waals surface area contributed by atoms with Gasteiger partial charge in [-0.05, 0) is 53.8 Å². The Hall–Kier alpha value is -3.83. The lowest BCUT2D eigenvalue weighted by molar-refractivity contribution is -0.118. The molecule has 0 radical (unpaired) electrons. The number of rotatable bonds is 6. The number of hydrogen-bond donors (Lipinski definition) is 1. The van der Waals surface area contributed by atoms with Crippen molar-refractivity contribution in [3.63, 3.8) is 0 Å². The fourth-order valence-corrected chi connectivity index (χ4v) is 3.94. The molecule has 5 nitrogen and oxygen atoms in total. The quantitative estimate of drug-likeness (QED) is 0.302. The maximum absolute atomic E-state index is 12.6. The predicted octanol–water partition coefficient (Wildman–Crippen LogP) is 6.88. The number of aromatic nitrogens is 1. The molecule has 5 aromatic rings. The van der Waals surface area contributed by atoms with Crippen LogP contribution >= 0.6 is 11.6 Å². The number of nitrogens with zero attached hydrogens (tertiary/aromatic N) is 1. The van der Waals surface area contributed by atoms with Crippen LogP contribution in [0.25, 0.3) is 33.3 Å². The number of carbonyl (C=O) groups excluding carboxylic acids is 1. The zero-order chi connectivity index (χ0) is 22.8. The largest absolute Gasteiger partial charge is 0.483 e. The third-order valence-electron chi connectivity index (χ3n) is 5.45. The van der Waals surface area contributed by atoms with Gasteiger partial charge in [-0.15, -0.1) is 0 Å². The van der Waals surface area contributed by atoms with E-state index < -0.39 is 0 Å². The Kier molecular flexibility index (Phi) is 5.71. The third kappa shape index (κ3) is 4.41. The molecular weight excluding hydrogens is 436 g/mol. The Labute approximate surface area is 196 Å². The van der Waals surface area contributed by atoms with E-state index in [4.69, 9.17) is 20.8 Å². The van der Waals surface area contributed by atoms with E-state index in [1.54, 1.807) is 18.2 Å². The fraction of sp³-hybridized carbons (Fsp3) is 0.111. The maximum atomic E-state index is 12.6. The van der Waals surface area contributed by atoms with Crippen LogP contribution in [0.3, 0.4) is 0 Å². The highest BCUT2D eigenvalue weighted by atomic mass is 35.5. The molecule has 0 unspecified atom stereocenters. The Morgan fingerprint density at radius 3 is 2.76 bits per heavy atom. The second-order valence-corrected chi connectivity index (χ2v) is 8.09. The molecule has 0 saturated heterocycles. The van der Waals surface area contributed by atoms with Crippen LogP contribution < -0.4 is 10.1 Å². The molecule has 1 N–H and O–H groups in total. The van der Waals surface area contributed by atoms with E-state index in [-0.39, 0.29) is 12.5 Å². The highest BCUT2D eigenvalue weighted by molar-refractivity contribution is 6.33. The van der Waals surface area contributed by atoms with Crippen molar-refractivity contribution in [2.45, 2.75) is 13.3 Å². The summed E-state index contributed by atoms with van der Waals surface area (Å²) in [5.41, 5.74) is 3.84. The second-order valence-electron chi connectivity index (χ2n) is 7.68. The molecule has 0 aliphatic rings. The topological polar surface area (TPSA) is 64.4 Å². The van der Waals surface area contributed by atoms with Gasteiger partial charge in [-0.3, -0.25) is 4.79 Å². The second kappa shape index (κ2) is 8.96. The molecule has 1 heterocycles. The highest BCUT2D eigenvalue weighted by Crippen LogP contribution is 2.32. The minimum Gasteiger partial charge on any atom is -0.483 e. The number of hydrogen-bond acceptors (Lipinski definition) is 4. The van der Waals surface area contributed by atoms with E-state index in [0.29, 0.717) is 33.5 Å². The number of carbonyl (C=O) groups is 1. The van der Waals surface area contributed by atoms with Crippen LogP contribution in [0.4, 0.5) is 5.69 Å². The van der Waals surface area contributed by atoms with Crippen LogP contribution in [0.5, 0.6) is 5.75 Å². The molecule has 33 heavy (non-hydrogen) atoms. The van der Waals surface area contributed by atoms with Crippen molar-refractivity contribution in [2.75, 3.05) is 11.9 Å². The van der Waals surface area contributed by atoms with E-state index in [2.05, 4.69) is 17.2 Å². The molecule has 4 aromatic carbocycles. The van der Waals surface area contributed by atoms with E-state index in [0.717, 1.165) is 22.7 Å². The summed E-state index contributed by atoms with van der Waals surface area (Å²) in [5, 5.41) is 5.37. The van der Waals surface area contributed by atoms with Crippen LogP contribution in [0.15, 0.2) is 83.3 Å². The molecular formula is C27H21ClN2O3. The van der Waals surface area contributed by atoms with Crippen LogP contribution in [0.2, 0.25) is 5.02 Å². The van der Waals surface area contributed by atoms with E-state index in [1.807, 2.05) is 60.7 Å². The lowest BCUT2D eigenvalue weighted by Gasteiger charge is -2.10. The minimum absolute atomic E-state index is 0.116. The number of ether oxygens (including phenoxy) is 1. The highest BCUT2D eigenvalue weighted by Gasteiger charge is 2.14. The van der Waals surface area contributed by atoms with Crippen LogP contribution in [-0.2, 0) is 11.2 Å². The van der Waals surface area contributed by atoms with Crippen LogP contribution in [0, 0.1) is 0 Å². The van der Waals surface area contributed by atoms with Gasteiger partial charge in [0.15, 0.2) is 12.2 Å². The van der Waals surface area contributed by atoms with Crippen molar-refractivity contribution in [1.29, 1.82) is 0 Å². The first kappa shape index (κ1) is 21.0. The Bertz CT molecular complexity index is 1470. The molecule has 0 atom stereocenters. The van der Waals surface area contributed by atoms with Crippen molar-refractivity contribution >= 4 is 45.1 Å². The van der Waals surface area contributed by atoms with Gasteiger partial charge in [0, 0.05) is 11.1 Å². The summed E-state index contributed by atoms with van der Waals surface area (Å²) in [6, 6.07) is 24.8. The number of benzene rings is 4. The number of anilines is 1. The summed E-state index contributed by atoms with van der Waals surface area (Å²) in [5.74, 6) is 0.797. The molecule has 1 aromatic heterocycles. The Balaban J connectivity index is 1.33. The maximum Gasteiger partial charge on any atom is 0.262 e. The number of nitrogens with one attached hydrogen (secondary N) is 1. The lowest BCUT2D eigenvalue weighted by Crippen LogP contribution is -2.20. The molecule has 164 valence electrons. The fourth-order valence-electron chi connectivity index (χ4n) is 3.74. The average Bonchev–Trinajstić information content (AvgIpc) is 3.27. The van der Waals surface area contributed by atoms with Gasteiger partial charge in [-0.1, -0.05) is 61.0 Å². The monoisotopic (exact) mass is 456 g/mol. The molecule has 0 bridgehead atoms. The summed E-state index contributed by atoms with van der Waals surface area (Å²) < 4.78 is 11.7. The smallest absolute Gasteiger partial charge is 0.262 e. The summed E-state index contributed by atoms with van der Waals surface area (Å²) in [6.45, 7) is 1.98. The van der Waals surface area contributed by atoms with Gasteiger partial charge in [0.2, 0.25) is 5.89 Å². The van der Waals surface area contributed by atoms with Crippen molar-refractivity contribution in [2.24, 2.45) is 0 Å². The van der Waals surface area contributed by atoms with Gasteiger partial charge in [0.25, 0.3) is 5.91 Å². The van der Waals surface area contributed by atoms with Gasteiger partial charge in [0.1, 0.15) is 11.3 Å². The number of oxazole rings is 1. The zero-order valence-corrected chi connectivity index (χ0v) is 18.7. The van der Waals surface area contributed by atoms with Gasteiger partial charge in [-0.2, -0.15) is 0 Å². The number of aryl methyl sites for hydroxylation is 1. The van der Waals surface area contributed by atoms with Crippen molar-refractivity contribution < 1.29 is 13.9 Å². The Morgan fingerprint density at radius 2 is 1.88 bits per heavy atom. The molecule has 5 rings (SSSR count). The predicted molar refractivity (Wildman–Crippen MR) is 132 cm³/mol. The molecule has 0 aliphatic heterocycles. The molecule has 0 spiro atoms. The van der Waals surface area contributed by atoms with Crippen molar-refractivity contribution in [3.8, 4) is 17.2 Å². The van der Waals surface area contributed by atoms with Gasteiger partial charge in [-0.25, -0.2) is 4.98 Å². The van der Waals surface area contributed by atoms with Gasteiger partial charge < -0.3 is 14.5 Å². The van der Waals surface area contributed by atoms with Gasteiger partial charge >= 0.3 is 0 Å². The van der Waals surface area contributed by atoms with E-state index in [9.17, 15) is 4.79 Å². The van der Waals surface area contributed by atoms with Crippen LogP contribution in [-0.4, -0.2) is 17.5 Å². The molecule has 6 heteroatoms. The van der Waals surface area contributed by atoms with Crippen LogP contribution in [0.1, 0.15) is 12.5 Å². The first-order chi connectivity index (χ1) is 16.1. The molecule has 1 amide bonds. The van der Waals surface area contributed by atoms with Crippen molar-refractivity contribution in [3.05, 3.63) is 89.4 Å². The first-order valence-electron chi connectivity index (χ1n) is 10.7. The number of amides is 1. The lowest BCUT2D eigenvalue weighted by atomic mass is 10.1. The third-order valence-corrected chi connectivity index (χ3v) is 5.78. The summed E-state index contributed by atoms with van der Waals surface area (Å²) >= 11 is 6.41. The average molecular weight is 457 g/mol. The summed E-state index contributed by atoms with van der Waals surface area (Å²) in [7, 11) is 0. The Morgan fingerprint density at radius 1 is 1.03 bits per heavy atom. The number of fused-ring (bicyclic) bond motifs is 2. The zero-order valence-electron chi connectivity index (χ0n) is 18.0. The van der Waals surface area contributed by atoms with Gasteiger partial charge in [0.05, 0.1) is 10.6 Å². The van der Waals surface area contributed by atoms with Crippen molar-refractivity contribution in [1.82, 2.24) is 4.98 Å². The first-order valence-corrected chi connectivity index (χ1v) is 11.1. The minimum atomic E-state index is -0.277. The molecule has 0 fully saturated rings. The summed E-state index contributed by atoms with van der Waals surface area (Å²) in [4.78, 5) is 17.1. The standard InChI is InChI=1S/C27H21ClN2O3/c1-2-17-10-13-25-23(14-17)30-27(33-25)21-15-19(11-12-22(21)28)29-26(31)16-32-24-9-5-7-18-6-3-4-8-20(18)24/h3-15H,2,16H2,1H3,(H,29,31). The number of halogens is 1. The summed E-state index contributed by atoms with van der Waals surface area (Å²) in [6.07, 6.45) is 0.918. The molecule has 0 saturated carbocycles. The SMILES string of the molecule is CCc1ccc2oc(-c3cc(NC(=O)COc4cccc5ccccc45)ccc3Cl)nc2c1. The van der Waals surface area contributed by atoms with E-state index in [1.165, 1.54) is 5.56 Å². The normalized spacial score (nSPS) is 11.1. The molecule has 0 aliphatic carbocycles. The van der Waals surface area contributed by atoms with E-state index >= 15 is 0 Å².